The number of allylic oxidation sites excluding steroid dienone is 4. The molecule has 0 aromatic heterocycles. The second-order valence-corrected chi connectivity index (χ2v) is 3.76. The Morgan fingerprint density at radius 2 is 1.82 bits per heavy atom. The highest BCUT2D eigenvalue weighted by Gasteiger charge is 2.04. The van der Waals surface area contributed by atoms with Crippen LogP contribution in [0.1, 0.15) is 13.8 Å². The van der Waals surface area contributed by atoms with Crippen LogP contribution in [0.4, 0.5) is 0 Å². The largest absolute Gasteiger partial charge is 0.402 e. The van der Waals surface area contributed by atoms with Gasteiger partial charge in [0.15, 0.2) is 0 Å². The summed E-state index contributed by atoms with van der Waals surface area (Å²) in [6, 6.07) is 0. The average Bonchev–Trinajstić information content (AvgIpc) is 1.80. The van der Waals surface area contributed by atoms with Gasteiger partial charge in [0.05, 0.1) is 4.91 Å². The van der Waals surface area contributed by atoms with Crippen molar-refractivity contribution in [3.05, 3.63) is 22.8 Å². The fourth-order valence-corrected chi connectivity index (χ4v) is 0.575. The van der Waals surface area contributed by atoms with Crippen molar-refractivity contribution in [2.75, 3.05) is 0 Å². The van der Waals surface area contributed by atoms with Gasteiger partial charge in [-0.2, -0.15) is 8.42 Å². The van der Waals surface area contributed by atoms with Crippen molar-refractivity contribution in [1.82, 2.24) is 0 Å². The molecule has 0 spiro atoms. The maximum atomic E-state index is 10.4. The fraction of sp³-hybridized carbons (Fsp3) is 0.333. The second-order valence-electron chi connectivity index (χ2n) is 2.16. The molecule has 0 aromatic rings. The lowest BCUT2D eigenvalue weighted by molar-refractivity contribution is 0.491. The molecule has 4 nitrogen and oxygen atoms in total. The van der Waals surface area contributed by atoms with Crippen LogP contribution in [0, 0.1) is 0 Å². The maximum Gasteiger partial charge on any atom is 0.290 e. The van der Waals surface area contributed by atoms with Crippen molar-refractivity contribution in [2.24, 2.45) is 5.73 Å². The lowest BCUT2D eigenvalue weighted by Crippen LogP contribution is -1.97. The fourth-order valence-electron chi connectivity index (χ4n) is 0.335. The van der Waals surface area contributed by atoms with E-state index in [1.54, 1.807) is 6.92 Å². The molecule has 5 heteroatoms. The number of hydrogen-bond acceptors (Lipinski definition) is 3. The molecule has 0 aliphatic rings. The van der Waals surface area contributed by atoms with Gasteiger partial charge in [-0.3, -0.25) is 4.55 Å². The summed E-state index contributed by atoms with van der Waals surface area (Å²) in [7, 11) is -4.04. The molecular weight excluding hydrogens is 166 g/mol. The Morgan fingerprint density at radius 1 is 1.36 bits per heavy atom. The van der Waals surface area contributed by atoms with E-state index >= 15 is 0 Å². The molecule has 64 valence electrons. The van der Waals surface area contributed by atoms with Crippen molar-refractivity contribution in [1.29, 1.82) is 0 Å². The van der Waals surface area contributed by atoms with Gasteiger partial charge in [0.1, 0.15) is 0 Å². The average molecular weight is 177 g/mol. The van der Waals surface area contributed by atoms with Gasteiger partial charge in [-0.25, -0.2) is 0 Å². The summed E-state index contributed by atoms with van der Waals surface area (Å²) < 4.78 is 29.2. The van der Waals surface area contributed by atoms with Gasteiger partial charge in [-0.05, 0) is 26.0 Å². The second kappa shape index (κ2) is 3.54. The Morgan fingerprint density at radius 3 is 2.09 bits per heavy atom. The molecule has 0 aliphatic carbocycles. The Hall–Kier alpha value is -0.810. The Kier molecular flexibility index (Phi) is 3.28. The first-order valence-corrected chi connectivity index (χ1v) is 4.36. The molecule has 0 unspecified atom stereocenters. The normalized spacial score (nSPS) is 15.2. The lowest BCUT2D eigenvalue weighted by atomic mass is 10.4. The summed E-state index contributed by atoms with van der Waals surface area (Å²) in [6.45, 7) is 2.91. The minimum atomic E-state index is -4.04. The summed E-state index contributed by atoms with van der Waals surface area (Å²) in [5.74, 6) is 0. The predicted molar refractivity (Wildman–Crippen MR) is 43.3 cm³/mol. The van der Waals surface area contributed by atoms with Gasteiger partial charge in [0.25, 0.3) is 10.1 Å². The molecule has 0 radical (unpaired) electrons. The van der Waals surface area contributed by atoms with E-state index in [0.717, 1.165) is 0 Å². The molecule has 0 atom stereocenters. The van der Waals surface area contributed by atoms with Crippen molar-refractivity contribution in [2.45, 2.75) is 13.8 Å². The van der Waals surface area contributed by atoms with Crippen molar-refractivity contribution >= 4 is 10.1 Å². The first-order chi connectivity index (χ1) is 4.84. The third kappa shape index (κ3) is 4.58. The molecule has 0 saturated carbocycles. The standard InChI is InChI=1S/C6H11NO3S/c1-5(7)3-4-6(2)11(8,9)10/h3-4H,7H2,1-2H3,(H,8,9,10)/b5-3+,6-4+. The van der Waals surface area contributed by atoms with Crippen LogP contribution >= 0.6 is 0 Å². The molecule has 0 bridgehead atoms. The molecule has 11 heavy (non-hydrogen) atoms. The van der Waals surface area contributed by atoms with E-state index in [2.05, 4.69) is 0 Å². The van der Waals surface area contributed by atoms with Gasteiger partial charge in [0.2, 0.25) is 0 Å². The Balaban J connectivity index is 4.64. The molecule has 3 N–H and O–H groups in total. The predicted octanol–water partition coefficient (Wildman–Crippen LogP) is 0.641. The number of rotatable bonds is 2. The Bertz CT molecular complexity index is 283. The molecular formula is C6H11NO3S. The summed E-state index contributed by atoms with van der Waals surface area (Å²) in [5, 5.41) is 0. The van der Waals surface area contributed by atoms with E-state index in [-0.39, 0.29) is 4.91 Å². The first kappa shape index (κ1) is 10.2. The van der Waals surface area contributed by atoms with Crippen LogP contribution < -0.4 is 5.73 Å². The van der Waals surface area contributed by atoms with Gasteiger partial charge in [0, 0.05) is 5.70 Å². The van der Waals surface area contributed by atoms with E-state index in [0.29, 0.717) is 5.70 Å². The minimum Gasteiger partial charge on any atom is -0.402 e. The third-order valence-electron chi connectivity index (χ3n) is 0.988. The van der Waals surface area contributed by atoms with Crippen LogP contribution in [0.2, 0.25) is 0 Å². The zero-order valence-corrected chi connectivity index (χ0v) is 7.22. The molecule has 0 aliphatic heterocycles. The summed E-state index contributed by atoms with van der Waals surface area (Å²) >= 11 is 0. The van der Waals surface area contributed by atoms with Crippen LogP contribution in [-0.4, -0.2) is 13.0 Å². The van der Waals surface area contributed by atoms with E-state index in [1.807, 2.05) is 0 Å². The maximum absolute atomic E-state index is 10.4. The van der Waals surface area contributed by atoms with Gasteiger partial charge >= 0.3 is 0 Å². The topological polar surface area (TPSA) is 80.4 Å². The monoisotopic (exact) mass is 177 g/mol. The minimum absolute atomic E-state index is 0.123. The van der Waals surface area contributed by atoms with Gasteiger partial charge < -0.3 is 5.73 Å². The number of nitrogens with two attached hydrogens (primary N) is 1. The summed E-state index contributed by atoms with van der Waals surface area (Å²) in [5.41, 5.74) is 5.70. The van der Waals surface area contributed by atoms with Gasteiger partial charge in [-0.15, -0.1) is 0 Å². The highest BCUT2D eigenvalue weighted by Crippen LogP contribution is 2.01. The van der Waals surface area contributed by atoms with Crippen LogP contribution in [0.15, 0.2) is 22.8 Å². The van der Waals surface area contributed by atoms with E-state index in [9.17, 15) is 8.42 Å². The van der Waals surface area contributed by atoms with E-state index < -0.39 is 10.1 Å². The third-order valence-corrected chi connectivity index (χ3v) is 1.94. The lowest BCUT2D eigenvalue weighted by Gasteiger charge is -1.92. The Labute approximate surface area is 66.2 Å². The van der Waals surface area contributed by atoms with Crippen molar-refractivity contribution in [3.8, 4) is 0 Å². The van der Waals surface area contributed by atoms with Crippen molar-refractivity contribution < 1.29 is 13.0 Å². The van der Waals surface area contributed by atoms with Crippen molar-refractivity contribution in [3.63, 3.8) is 0 Å². The quantitative estimate of drug-likeness (QED) is 0.479. The smallest absolute Gasteiger partial charge is 0.290 e. The zero-order valence-electron chi connectivity index (χ0n) is 6.40. The van der Waals surface area contributed by atoms with Crippen LogP contribution in [-0.2, 0) is 10.1 Å². The van der Waals surface area contributed by atoms with Gasteiger partial charge in [-0.1, -0.05) is 0 Å². The van der Waals surface area contributed by atoms with Crippen LogP contribution in [0.3, 0.4) is 0 Å². The van der Waals surface area contributed by atoms with Crippen LogP contribution in [0.25, 0.3) is 0 Å². The highest BCUT2D eigenvalue weighted by molar-refractivity contribution is 7.89. The summed E-state index contributed by atoms with van der Waals surface area (Å²) in [6.07, 6.45) is 2.65. The molecule has 0 heterocycles. The SMILES string of the molecule is C/C(N)=C\C=C(/C)S(=O)(=O)O. The van der Waals surface area contributed by atoms with E-state index in [1.165, 1.54) is 19.1 Å². The first-order valence-electron chi connectivity index (χ1n) is 2.92. The highest BCUT2D eigenvalue weighted by atomic mass is 32.2. The molecule has 0 amide bonds. The molecule has 0 saturated heterocycles. The molecule has 0 aromatic carbocycles. The number of hydrogen-bond donors (Lipinski definition) is 2. The molecule has 0 rings (SSSR count). The summed E-state index contributed by atoms with van der Waals surface area (Å²) in [4.78, 5) is -0.123. The zero-order chi connectivity index (χ0) is 9.07. The van der Waals surface area contributed by atoms with E-state index in [4.69, 9.17) is 10.3 Å². The molecule has 0 fully saturated rings. The van der Waals surface area contributed by atoms with Crippen LogP contribution in [0.5, 0.6) is 0 Å².